The minimum atomic E-state index is -1.59. The second-order valence-electron chi connectivity index (χ2n) is 8.69. The molecule has 1 fully saturated rings. The molecule has 1 aliphatic rings. The fourth-order valence-corrected chi connectivity index (χ4v) is 3.97. The number of rotatable bonds is 9. The molecule has 1 aromatic heterocycles. The average molecular weight is 535 g/mol. The van der Waals surface area contributed by atoms with E-state index < -0.39 is 60.2 Å². The Bertz CT molecular complexity index is 1250. The van der Waals surface area contributed by atoms with Crippen molar-refractivity contribution in [1.29, 1.82) is 0 Å². The third kappa shape index (κ3) is 7.09. The van der Waals surface area contributed by atoms with E-state index in [4.69, 9.17) is 32.8 Å². The first kappa shape index (κ1) is 28.6. The third-order valence-corrected chi connectivity index (χ3v) is 5.55. The summed E-state index contributed by atoms with van der Waals surface area (Å²) in [5.74, 6) is -3.15. The number of carbonyl (C=O) groups is 4. The summed E-state index contributed by atoms with van der Waals surface area (Å²) in [5.41, 5.74) is 0.341. The summed E-state index contributed by atoms with van der Waals surface area (Å²) < 4.78 is 38.3. The number of ether oxygens (including phenoxy) is 6. The van der Waals surface area contributed by atoms with E-state index in [2.05, 4.69) is 0 Å². The molecular formula is C26H30O12. The SMILES string of the molecule is CCCCOC(=O)C1O[C@@H](Oc2ccc3c(C)cc(=O)oc3c2)C(OC(C)=O)[C@H](OC(C)=O)[C@@H]1OC(C)=O. The minimum absolute atomic E-state index is 0.0716. The maximum absolute atomic E-state index is 13.0. The van der Waals surface area contributed by atoms with Crippen molar-refractivity contribution in [3.63, 3.8) is 0 Å². The zero-order valence-corrected chi connectivity index (χ0v) is 21.7. The zero-order valence-electron chi connectivity index (χ0n) is 21.7. The van der Waals surface area contributed by atoms with Gasteiger partial charge in [-0.2, -0.15) is 0 Å². The van der Waals surface area contributed by atoms with Crippen molar-refractivity contribution in [2.24, 2.45) is 0 Å². The van der Waals surface area contributed by atoms with Crippen molar-refractivity contribution in [3.05, 3.63) is 40.2 Å². The van der Waals surface area contributed by atoms with Gasteiger partial charge in [-0.1, -0.05) is 13.3 Å². The highest BCUT2D eigenvalue weighted by atomic mass is 16.7. The summed E-state index contributed by atoms with van der Waals surface area (Å²) in [5, 5.41) is 0.656. The van der Waals surface area contributed by atoms with Gasteiger partial charge in [0, 0.05) is 38.3 Å². The molecule has 5 atom stereocenters. The molecule has 1 saturated heterocycles. The normalized spacial score (nSPS) is 22.8. The predicted molar refractivity (Wildman–Crippen MR) is 129 cm³/mol. The van der Waals surface area contributed by atoms with Crippen LogP contribution in [0, 0.1) is 6.92 Å². The van der Waals surface area contributed by atoms with E-state index in [9.17, 15) is 24.0 Å². The Morgan fingerprint density at radius 1 is 0.895 bits per heavy atom. The van der Waals surface area contributed by atoms with E-state index in [-0.39, 0.29) is 17.9 Å². The van der Waals surface area contributed by atoms with Crippen molar-refractivity contribution >= 4 is 34.8 Å². The van der Waals surface area contributed by atoms with Crippen LogP contribution in [-0.4, -0.2) is 61.2 Å². The molecule has 3 rings (SSSR count). The summed E-state index contributed by atoms with van der Waals surface area (Å²) in [6, 6.07) is 5.97. The van der Waals surface area contributed by atoms with Crippen LogP contribution in [0.1, 0.15) is 46.1 Å². The van der Waals surface area contributed by atoms with Gasteiger partial charge in [0.25, 0.3) is 0 Å². The summed E-state index contributed by atoms with van der Waals surface area (Å²) >= 11 is 0. The van der Waals surface area contributed by atoms with Crippen LogP contribution in [0.15, 0.2) is 33.5 Å². The van der Waals surface area contributed by atoms with E-state index in [0.717, 1.165) is 27.2 Å². The number of unbranched alkanes of at least 4 members (excludes halogenated alkanes) is 1. The maximum Gasteiger partial charge on any atom is 0.339 e. The smallest absolute Gasteiger partial charge is 0.339 e. The monoisotopic (exact) mass is 534 g/mol. The molecule has 2 heterocycles. The number of hydrogen-bond acceptors (Lipinski definition) is 12. The van der Waals surface area contributed by atoms with Gasteiger partial charge in [0.15, 0.2) is 18.3 Å². The molecular weight excluding hydrogens is 504 g/mol. The lowest BCUT2D eigenvalue weighted by atomic mass is 9.97. The van der Waals surface area contributed by atoms with Crippen molar-refractivity contribution in [2.75, 3.05) is 6.61 Å². The molecule has 0 bridgehead atoms. The van der Waals surface area contributed by atoms with Crippen LogP contribution < -0.4 is 10.4 Å². The van der Waals surface area contributed by atoms with E-state index in [1.165, 1.54) is 12.1 Å². The summed E-state index contributed by atoms with van der Waals surface area (Å²) in [6.45, 7) is 7.03. The summed E-state index contributed by atoms with van der Waals surface area (Å²) in [7, 11) is 0. The molecule has 206 valence electrons. The van der Waals surface area contributed by atoms with Crippen molar-refractivity contribution in [1.82, 2.24) is 0 Å². The van der Waals surface area contributed by atoms with Crippen LogP contribution in [-0.2, 0) is 42.9 Å². The topological polar surface area (TPSA) is 154 Å². The van der Waals surface area contributed by atoms with Crippen molar-refractivity contribution < 1.29 is 52.0 Å². The Hall–Kier alpha value is -3.93. The fourth-order valence-electron chi connectivity index (χ4n) is 3.97. The van der Waals surface area contributed by atoms with Crippen LogP contribution in [0.4, 0.5) is 0 Å². The molecule has 0 N–H and O–H groups in total. The minimum Gasteiger partial charge on any atom is -0.464 e. The third-order valence-electron chi connectivity index (χ3n) is 5.55. The first-order valence-corrected chi connectivity index (χ1v) is 12.0. The molecule has 2 unspecified atom stereocenters. The fraction of sp³-hybridized carbons (Fsp3) is 0.500. The second kappa shape index (κ2) is 12.5. The van der Waals surface area contributed by atoms with Crippen molar-refractivity contribution in [2.45, 2.75) is 78.2 Å². The zero-order chi connectivity index (χ0) is 28.0. The van der Waals surface area contributed by atoms with Gasteiger partial charge >= 0.3 is 29.5 Å². The van der Waals surface area contributed by atoms with Crippen LogP contribution in [0.2, 0.25) is 0 Å². The van der Waals surface area contributed by atoms with Crippen molar-refractivity contribution in [3.8, 4) is 5.75 Å². The van der Waals surface area contributed by atoms with Gasteiger partial charge in [-0.15, -0.1) is 0 Å². The molecule has 0 spiro atoms. The average Bonchev–Trinajstić information content (AvgIpc) is 2.81. The second-order valence-corrected chi connectivity index (χ2v) is 8.69. The van der Waals surface area contributed by atoms with Gasteiger partial charge in [-0.05, 0) is 31.0 Å². The van der Waals surface area contributed by atoms with E-state index >= 15 is 0 Å². The number of fused-ring (bicyclic) bond motifs is 1. The van der Waals surface area contributed by atoms with Gasteiger partial charge in [-0.25, -0.2) is 9.59 Å². The van der Waals surface area contributed by atoms with E-state index in [1.807, 2.05) is 6.92 Å². The van der Waals surface area contributed by atoms with Gasteiger partial charge in [0.1, 0.15) is 11.3 Å². The predicted octanol–water partition coefficient (Wildman–Crippen LogP) is 2.34. The molecule has 12 nitrogen and oxygen atoms in total. The largest absolute Gasteiger partial charge is 0.464 e. The van der Waals surface area contributed by atoms with Gasteiger partial charge in [0.05, 0.1) is 6.61 Å². The summed E-state index contributed by atoms with van der Waals surface area (Å²) in [6.07, 6.45) is -6.23. The molecule has 0 radical (unpaired) electrons. The van der Waals surface area contributed by atoms with Gasteiger partial charge < -0.3 is 32.8 Å². The van der Waals surface area contributed by atoms with Crippen LogP contribution in [0.5, 0.6) is 5.75 Å². The maximum atomic E-state index is 13.0. The standard InChI is InChI=1S/C26H30O12/c1-6-7-10-32-25(31)23-21(33-14(3)27)22(34-15(4)28)24(35-16(5)29)26(38-23)36-17-8-9-18-13(2)11-20(30)37-19(18)12-17/h8-9,11-12,21-24,26H,6-7,10H2,1-5H3/t21-,22+,23?,24?,26+/m0/s1. The Morgan fingerprint density at radius 3 is 2.16 bits per heavy atom. The Kier molecular flexibility index (Phi) is 9.45. The molecule has 38 heavy (non-hydrogen) atoms. The van der Waals surface area contributed by atoms with Gasteiger partial charge in [-0.3, -0.25) is 14.4 Å². The van der Waals surface area contributed by atoms with Gasteiger partial charge in [0.2, 0.25) is 12.4 Å². The van der Waals surface area contributed by atoms with Crippen LogP contribution in [0.25, 0.3) is 11.0 Å². The lowest BCUT2D eigenvalue weighted by Gasteiger charge is -2.43. The summed E-state index contributed by atoms with van der Waals surface area (Å²) in [4.78, 5) is 60.7. The van der Waals surface area contributed by atoms with E-state index in [1.54, 1.807) is 19.1 Å². The molecule has 0 saturated carbocycles. The Balaban J connectivity index is 2.04. The first-order valence-electron chi connectivity index (χ1n) is 12.0. The molecule has 1 aromatic carbocycles. The first-order chi connectivity index (χ1) is 18.0. The highest BCUT2D eigenvalue weighted by molar-refractivity contribution is 5.81. The van der Waals surface area contributed by atoms with Crippen LogP contribution in [0.3, 0.4) is 0 Å². The lowest BCUT2D eigenvalue weighted by Crippen LogP contribution is -2.64. The Labute approximate surface area is 218 Å². The Morgan fingerprint density at radius 2 is 1.53 bits per heavy atom. The molecule has 1 aliphatic heterocycles. The number of esters is 4. The van der Waals surface area contributed by atoms with E-state index in [0.29, 0.717) is 17.4 Å². The molecule has 0 amide bonds. The quantitative estimate of drug-likeness (QED) is 0.201. The lowest BCUT2D eigenvalue weighted by molar-refractivity contribution is -0.283. The number of carbonyl (C=O) groups excluding carboxylic acids is 4. The van der Waals surface area contributed by atoms with Crippen LogP contribution >= 0.6 is 0 Å². The highest BCUT2D eigenvalue weighted by Crippen LogP contribution is 2.32. The molecule has 2 aromatic rings. The number of benzene rings is 1. The highest BCUT2D eigenvalue weighted by Gasteiger charge is 2.56. The molecule has 12 heteroatoms. The molecule has 0 aliphatic carbocycles. The number of hydrogen-bond donors (Lipinski definition) is 0. The number of aryl methyl sites for hydroxylation is 1.